The summed E-state index contributed by atoms with van der Waals surface area (Å²) in [5.74, 6) is 1.69. The van der Waals surface area contributed by atoms with E-state index >= 15 is 0 Å². The molecule has 0 atom stereocenters. The monoisotopic (exact) mass is 509 g/mol. The summed E-state index contributed by atoms with van der Waals surface area (Å²) in [7, 11) is 1.70. The molecular weight excluding hydrogens is 477 g/mol. The molecule has 1 fully saturated rings. The second-order valence-corrected chi connectivity index (χ2v) is 8.24. The zero-order chi connectivity index (χ0) is 19.2. The third-order valence-corrected chi connectivity index (χ3v) is 4.80. The lowest BCUT2D eigenvalue weighted by Gasteiger charge is -2.37. The number of rotatable bonds is 5. The van der Waals surface area contributed by atoms with Crippen LogP contribution in [0, 0.1) is 0 Å². The Balaban J connectivity index is 0.00000364. The highest BCUT2D eigenvalue weighted by Gasteiger charge is 2.37. The van der Waals surface area contributed by atoms with Gasteiger partial charge in [-0.05, 0) is 58.7 Å². The first-order valence-electron chi connectivity index (χ1n) is 9.28. The molecular formula is C20H33ClIN3O2. The maximum absolute atomic E-state index is 6.31. The van der Waals surface area contributed by atoms with Gasteiger partial charge in [0.15, 0.2) is 5.96 Å². The molecule has 0 aromatic heterocycles. The molecule has 0 amide bonds. The summed E-state index contributed by atoms with van der Waals surface area (Å²) in [6.45, 7) is 11.4. The van der Waals surface area contributed by atoms with Crippen molar-refractivity contribution in [1.82, 2.24) is 10.6 Å². The topological polar surface area (TPSA) is 54.9 Å². The molecule has 1 aliphatic heterocycles. The van der Waals surface area contributed by atoms with E-state index in [9.17, 15) is 0 Å². The fourth-order valence-corrected chi connectivity index (χ4v) is 3.43. The second kappa shape index (κ2) is 10.7. The molecule has 154 valence electrons. The summed E-state index contributed by atoms with van der Waals surface area (Å²) in [6, 6.07) is 5.83. The Morgan fingerprint density at radius 1 is 1.30 bits per heavy atom. The van der Waals surface area contributed by atoms with Crippen molar-refractivity contribution in [2.24, 2.45) is 4.99 Å². The van der Waals surface area contributed by atoms with Gasteiger partial charge < -0.3 is 20.1 Å². The van der Waals surface area contributed by atoms with Crippen LogP contribution < -0.4 is 15.4 Å². The van der Waals surface area contributed by atoms with Crippen molar-refractivity contribution in [2.45, 2.75) is 51.5 Å². The van der Waals surface area contributed by atoms with Gasteiger partial charge >= 0.3 is 0 Å². The van der Waals surface area contributed by atoms with Crippen LogP contribution in [0.15, 0.2) is 23.2 Å². The van der Waals surface area contributed by atoms with Gasteiger partial charge in [-0.2, -0.15) is 0 Å². The van der Waals surface area contributed by atoms with E-state index in [-0.39, 0.29) is 34.9 Å². The predicted molar refractivity (Wildman–Crippen MR) is 124 cm³/mol. The molecule has 0 spiro atoms. The fraction of sp³-hybridized carbons (Fsp3) is 0.650. The Labute approximate surface area is 185 Å². The summed E-state index contributed by atoms with van der Waals surface area (Å²) in [6.07, 6.45) is 1.78. The van der Waals surface area contributed by atoms with Crippen molar-refractivity contribution >= 4 is 41.5 Å². The first-order chi connectivity index (χ1) is 12.3. The first-order valence-corrected chi connectivity index (χ1v) is 9.66. The number of nitrogens with one attached hydrogen (secondary N) is 2. The van der Waals surface area contributed by atoms with Crippen LogP contribution in [-0.2, 0) is 10.2 Å². The molecule has 0 aliphatic carbocycles. The molecule has 2 N–H and O–H groups in total. The molecule has 0 radical (unpaired) electrons. The van der Waals surface area contributed by atoms with E-state index in [2.05, 4.69) is 38.3 Å². The smallest absolute Gasteiger partial charge is 0.191 e. The Morgan fingerprint density at radius 3 is 2.52 bits per heavy atom. The van der Waals surface area contributed by atoms with E-state index < -0.39 is 0 Å². The number of halogens is 2. The largest absolute Gasteiger partial charge is 0.496 e. The number of guanidine groups is 1. The van der Waals surface area contributed by atoms with E-state index in [0.717, 1.165) is 41.7 Å². The first kappa shape index (κ1) is 24.3. The number of hydrogen-bond acceptors (Lipinski definition) is 3. The Hall–Kier alpha value is -0.730. The Kier molecular flexibility index (Phi) is 9.65. The Morgan fingerprint density at radius 2 is 1.96 bits per heavy atom. The minimum atomic E-state index is -0.144. The molecule has 0 unspecified atom stereocenters. The van der Waals surface area contributed by atoms with Gasteiger partial charge in [0.25, 0.3) is 0 Å². The molecule has 2 rings (SSSR count). The summed E-state index contributed by atoms with van der Waals surface area (Å²) < 4.78 is 11.3. The van der Waals surface area contributed by atoms with Crippen molar-refractivity contribution in [3.8, 4) is 5.75 Å². The van der Waals surface area contributed by atoms with Crippen LogP contribution in [0.2, 0.25) is 5.02 Å². The SMILES string of the molecule is CCNC(=NCC1(c2cc(Cl)ccc2OC)CCOCC1)NC(C)(C)C.I. The second-order valence-electron chi connectivity index (χ2n) is 7.81. The lowest BCUT2D eigenvalue weighted by atomic mass is 9.73. The van der Waals surface area contributed by atoms with Crippen LogP contribution in [0.3, 0.4) is 0 Å². The molecule has 5 nitrogen and oxygen atoms in total. The van der Waals surface area contributed by atoms with Gasteiger partial charge in [-0.15, -0.1) is 24.0 Å². The predicted octanol–water partition coefficient (Wildman–Crippen LogP) is 4.37. The van der Waals surface area contributed by atoms with Crippen LogP contribution in [0.4, 0.5) is 0 Å². The summed E-state index contributed by atoms with van der Waals surface area (Å²) in [5.41, 5.74) is 0.915. The molecule has 1 aliphatic rings. The highest BCUT2D eigenvalue weighted by Crippen LogP contribution is 2.41. The fourth-order valence-electron chi connectivity index (χ4n) is 3.26. The Bertz CT molecular complexity index is 626. The standard InChI is InChI=1S/C20H32ClN3O2.HI/c1-6-22-18(24-19(2,3)4)23-14-20(9-11-26-12-10-20)16-13-15(21)7-8-17(16)25-5;/h7-8,13H,6,9-12,14H2,1-5H3,(H2,22,23,24);1H. The maximum Gasteiger partial charge on any atom is 0.191 e. The molecule has 1 saturated heterocycles. The molecule has 0 bridgehead atoms. The van der Waals surface area contributed by atoms with Crippen LogP contribution in [0.5, 0.6) is 5.75 Å². The highest BCUT2D eigenvalue weighted by atomic mass is 127. The van der Waals surface area contributed by atoms with Crippen molar-refractivity contribution < 1.29 is 9.47 Å². The zero-order valence-corrected chi connectivity index (χ0v) is 20.1. The lowest BCUT2D eigenvalue weighted by molar-refractivity contribution is 0.0522. The average Bonchev–Trinajstić information content (AvgIpc) is 2.59. The van der Waals surface area contributed by atoms with Crippen molar-refractivity contribution in [3.05, 3.63) is 28.8 Å². The van der Waals surface area contributed by atoms with E-state index in [1.807, 2.05) is 18.2 Å². The molecule has 7 heteroatoms. The summed E-state index contributed by atoms with van der Waals surface area (Å²) >= 11 is 6.31. The van der Waals surface area contributed by atoms with Gasteiger partial charge in [0, 0.05) is 41.3 Å². The van der Waals surface area contributed by atoms with Crippen LogP contribution in [0.25, 0.3) is 0 Å². The maximum atomic E-state index is 6.31. The van der Waals surface area contributed by atoms with E-state index in [0.29, 0.717) is 19.8 Å². The molecule has 1 heterocycles. The number of ether oxygens (including phenoxy) is 2. The van der Waals surface area contributed by atoms with Gasteiger partial charge in [0.05, 0.1) is 13.7 Å². The molecule has 27 heavy (non-hydrogen) atoms. The van der Waals surface area contributed by atoms with Crippen molar-refractivity contribution in [1.29, 1.82) is 0 Å². The average molecular weight is 510 g/mol. The summed E-state index contributed by atoms with van der Waals surface area (Å²) in [4.78, 5) is 4.92. The third kappa shape index (κ3) is 6.98. The van der Waals surface area contributed by atoms with Gasteiger partial charge in [-0.3, -0.25) is 4.99 Å². The van der Waals surface area contributed by atoms with Crippen LogP contribution in [0.1, 0.15) is 46.1 Å². The summed E-state index contributed by atoms with van der Waals surface area (Å²) in [5, 5.41) is 7.51. The number of aliphatic imine (C=N–C) groups is 1. The van der Waals surface area contributed by atoms with Gasteiger partial charge in [-0.1, -0.05) is 11.6 Å². The van der Waals surface area contributed by atoms with Gasteiger partial charge in [0.2, 0.25) is 0 Å². The van der Waals surface area contributed by atoms with Gasteiger partial charge in [0.1, 0.15) is 5.75 Å². The van der Waals surface area contributed by atoms with Crippen LogP contribution in [-0.4, -0.2) is 44.9 Å². The number of methoxy groups -OCH3 is 1. The van der Waals surface area contributed by atoms with Crippen molar-refractivity contribution in [3.63, 3.8) is 0 Å². The van der Waals surface area contributed by atoms with E-state index in [1.165, 1.54) is 0 Å². The third-order valence-electron chi connectivity index (χ3n) is 4.56. The normalized spacial score (nSPS) is 17.0. The van der Waals surface area contributed by atoms with Crippen LogP contribution >= 0.6 is 35.6 Å². The van der Waals surface area contributed by atoms with E-state index in [4.69, 9.17) is 26.1 Å². The lowest BCUT2D eigenvalue weighted by Crippen LogP contribution is -2.48. The molecule has 1 aromatic carbocycles. The van der Waals surface area contributed by atoms with E-state index in [1.54, 1.807) is 7.11 Å². The molecule has 1 aromatic rings. The zero-order valence-electron chi connectivity index (χ0n) is 17.0. The minimum absolute atomic E-state index is 0. The van der Waals surface area contributed by atoms with Crippen molar-refractivity contribution in [2.75, 3.05) is 33.4 Å². The van der Waals surface area contributed by atoms with Gasteiger partial charge in [-0.25, -0.2) is 0 Å². The quantitative estimate of drug-likeness (QED) is 0.352. The number of benzene rings is 1. The number of hydrogen-bond donors (Lipinski definition) is 2. The number of nitrogens with zero attached hydrogens (tertiary/aromatic N) is 1. The highest BCUT2D eigenvalue weighted by molar-refractivity contribution is 14.0. The molecule has 0 saturated carbocycles. The minimum Gasteiger partial charge on any atom is -0.496 e.